The van der Waals surface area contributed by atoms with Crippen LogP contribution >= 0.6 is 0 Å². The summed E-state index contributed by atoms with van der Waals surface area (Å²) in [7, 11) is 0. The van der Waals surface area contributed by atoms with Gasteiger partial charge in [-0.25, -0.2) is 15.0 Å². The second-order valence-electron chi connectivity index (χ2n) is 36.4. The lowest BCUT2D eigenvalue weighted by Crippen LogP contribution is -2.61. The lowest BCUT2D eigenvalue weighted by atomic mass is 9.33. The third kappa shape index (κ3) is 12.6. The van der Waals surface area contributed by atoms with Crippen molar-refractivity contribution in [1.29, 1.82) is 0 Å². The maximum atomic E-state index is 9.93. The van der Waals surface area contributed by atoms with E-state index in [1.165, 1.54) is 22.3 Å². The van der Waals surface area contributed by atoms with Gasteiger partial charge in [-0.1, -0.05) is 316 Å². The summed E-state index contributed by atoms with van der Waals surface area (Å²) in [4.78, 5) is 21.5. The molecule has 17 aromatic rings. The van der Waals surface area contributed by atoms with E-state index in [0.29, 0.717) is 23.2 Å². The van der Waals surface area contributed by atoms with Crippen LogP contribution in [0.5, 0.6) is 0 Å². The molecule has 8 heteroatoms. The summed E-state index contributed by atoms with van der Waals surface area (Å²) < 4.78 is 80.3. The summed E-state index contributed by atoms with van der Waals surface area (Å²) in [5.74, 6) is 1.53. The Kier molecular flexibility index (Phi) is 15.0. The molecule has 2 aliphatic heterocycles. The molecule has 0 amide bonds. The lowest BCUT2D eigenvalue weighted by molar-refractivity contribution is 0.569. The molecule has 0 spiro atoms. The molecule has 0 fully saturated rings. The minimum absolute atomic E-state index is 0.00327. The molecule has 0 radical (unpaired) electrons. The van der Waals surface area contributed by atoms with E-state index in [-0.39, 0.29) is 61.0 Å². The smallest absolute Gasteiger partial charge is 0.252 e. The summed E-state index contributed by atoms with van der Waals surface area (Å²) in [6.45, 7) is 33.5. The SMILES string of the molecule is [2H]c1c([2H])c([2H])c2c(c1[2H])c1c([2H])c([2H])c([2H])c([2H])c1n2-c1ccc2c(c1)N(c1ccc(-c3ccccc3)cc1-c1ccccc1)c1cc(-c3cc(C(C)(C)C)cc(C(C)(C)C)c3)cc3c1B2c1ccc(-n2c4ccc(C(C)(C)C)cc4c4cc(C(C)(C)C)ccc42)cc1N3c1ccc(C(C)(C)C)cc1-c1nc(-c2ccccc2)nc(-c2ccccc2)n1. The lowest BCUT2D eigenvalue weighted by Gasteiger charge is -2.45. The van der Waals surface area contributed by atoms with Gasteiger partial charge in [0.25, 0.3) is 6.71 Å². The van der Waals surface area contributed by atoms with Crippen molar-refractivity contribution < 1.29 is 11.0 Å². The number of aromatic nitrogens is 5. The number of nitrogens with zero attached hydrogens (tertiary/aromatic N) is 7. The quantitative estimate of drug-likeness (QED) is 0.128. The standard InChI is InChI=1S/C107H96BN7/c1-103(2,3)74-45-53-92-84(62-74)85-63-75(104(4,5)6)46-54-93(85)113(92)80-49-51-88-96(66-80)115(94-55-47-76(105(7,8)9)64-86(94)102-110-100(69-36-24-18-25-37-69)109-101(111-102)70-38-26-19-27-39-70)98-60-73(72-56-77(106(10,11)12)61-78(57-72)107(13,14)15)59-97-99(98)108(88)87-50-48-79(112-89-42-30-28-40-81(89)82-41-29-31-43-90(82)112)65-95(87)114(97)91-52-44-71(67-32-20-16-21-33-67)58-83(91)68-34-22-17-23-35-68/h16-66H,1-15H3/i28D,29D,30D,31D,40D,41D,42D,43D. The van der Waals surface area contributed by atoms with E-state index in [9.17, 15) is 8.22 Å². The minimum Gasteiger partial charge on any atom is -0.311 e. The monoisotopic (exact) mass is 1500 g/mol. The summed E-state index contributed by atoms with van der Waals surface area (Å²) in [5, 5.41) is 2.30. The Morgan fingerprint density at radius 2 is 0.652 bits per heavy atom. The number of hydrogen-bond acceptors (Lipinski definition) is 5. The van der Waals surface area contributed by atoms with Crippen molar-refractivity contribution in [2.24, 2.45) is 0 Å². The Labute approximate surface area is 688 Å². The third-order valence-electron chi connectivity index (χ3n) is 23.6. The van der Waals surface area contributed by atoms with Crippen LogP contribution in [0.4, 0.5) is 34.1 Å². The Morgan fingerprint density at radius 3 is 1.12 bits per heavy atom. The predicted molar refractivity (Wildman–Crippen MR) is 489 cm³/mol. The molecule has 0 N–H and O–H groups in total. The van der Waals surface area contributed by atoms with Crippen molar-refractivity contribution in [2.45, 2.75) is 131 Å². The summed E-state index contributed by atoms with van der Waals surface area (Å²) >= 11 is 0. The highest BCUT2D eigenvalue weighted by Crippen LogP contribution is 2.53. The zero-order valence-electron chi connectivity index (χ0n) is 76.0. The largest absolute Gasteiger partial charge is 0.311 e. The van der Waals surface area contributed by atoms with E-state index in [0.717, 1.165) is 134 Å². The minimum atomic E-state index is -0.571. The van der Waals surface area contributed by atoms with Gasteiger partial charge in [0.15, 0.2) is 17.5 Å². The molecule has 0 atom stereocenters. The maximum Gasteiger partial charge on any atom is 0.252 e. The van der Waals surface area contributed by atoms with E-state index in [2.05, 4.69) is 324 Å². The van der Waals surface area contributed by atoms with Crippen LogP contribution in [0.25, 0.3) is 123 Å². The molecule has 0 saturated carbocycles. The van der Waals surface area contributed by atoms with Crippen LogP contribution in [0.2, 0.25) is 0 Å². The fourth-order valence-corrected chi connectivity index (χ4v) is 17.2. The van der Waals surface area contributed by atoms with Crippen LogP contribution in [0.1, 0.15) is 143 Å². The first-order chi connectivity index (χ1) is 58.5. The van der Waals surface area contributed by atoms with Gasteiger partial charge in [0.2, 0.25) is 0 Å². The van der Waals surface area contributed by atoms with Crippen LogP contribution < -0.4 is 26.2 Å². The molecule has 19 rings (SSSR count). The third-order valence-corrected chi connectivity index (χ3v) is 23.6. The Hall–Kier alpha value is -12.6. The number of benzene rings is 14. The summed E-state index contributed by atoms with van der Waals surface area (Å²) in [6, 6.07) is 90.4. The van der Waals surface area contributed by atoms with E-state index < -0.39 is 43.0 Å². The van der Waals surface area contributed by atoms with Crippen molar-refractivity contribution in [3.05, 3.63) is 337 Å². The van der Waals surface area contributed by atoms with Gasteiger partial charge in [-0.2, -0.15) is 0 Å². The fraction of sp³-hybridized carbons (Fsp3) is 0.187. The molecule has 5 heterocycles. The number of para-hydroxylation sites is 2. The van der Waals surface area contributed by atoms with Crippen molar-refractivity contribution >= 4 is 101 Å². The van der Waals surface area contributed by atoms with Gasteiger partial charge in [-0.05, 0) is 196 Å². The molecular formula is C107H96BN7. The number of hydrogen-bond donors (Lipinski definition) is 0. The van der Waals surface area contributed by atoms with Crippen LogP contribution in [-0.2, 0) is 27.1 Å². The average Bonchev–Trinajstić information content (AvgIpc) is 1.01. The van der Waals surface area contributed by atoms with E-state index in [1.807, 2.05) is 54.6 Å². The highest BCUT2D eigenvalue weighted by Gasteiger charge is 2.46. The maximum absolute atomic E-state index is 9.93. The molecule has 3 aromatic heterocycles. The summed E-state index contributed by atoms with van der Waals surface area (Å²) in [5.41, 5.74) is 24.3. The molecule has 0 unspecified atom stereocenters. The molecule has 0 saturated heterocycles. The molecule has 562 valence electrons. The van der Waals surface area contributed by atoms with Gasteiger partial charge < -0.3 is 18.9 Å². The molecule has 0 aliphatic carbocycles. The summed E-state index contributed by atoms with van der Waals surface area (Å²) in [6.07, 6.45) is 0. The van der Waals surface area contributed by atoms with Gasteiger partial charge in [-0.15, -0.1) is 0 Å². The number of rotatable bonds is 10. The number of anilines is 6. The predicted octanol–water partition coefficient (Wildman–Crippen LogP) is 26.6. The van der Waals surface area contributed by atoms with Gasteiger partial charge in [0, 0.05) is 77.9 Å². The normalized spacial score (nSPS) is 14.1. The second kappa shape index (κ2) is 27.0. The Bertz CT molecular complexity index is 7010. The molecule has 7 nitrogen and oxygen atoms in total. The van der Waals surface area contributed by atoms with Crippen molar-refractivity contribution in [3.8, 4) is 78.9 Å². The van der Waals surface area contributed by atoms with E-state index >= 15 is 0 Å². The first kappa shape index (κ1) is 63.8. The molecule has 115 heavy (non-hydrogen) atoms. The van der Waals surface area contributed by atoms with Gasteiger partial charge in [-0.3, -0.25) is 0 Å². The zero-order chi connectivity index (χ0) is 86.3. The van der Waals surface area contributed by atoms with Crippen molar-refractivity contribution in [1.82, 2.24) is 24.1 Å². The molecule has 14 aromatic carbocycles. The highest BCUT2D eigenvalue weighted by molar-refractivity contribution is 7.00. The van der Waals surface area contributed by atoms with Gasteiger partial charge in [0.1, 0.15) is 0 Å². The van der Waals surface area contributed by atoms with Crippen LogP contribution in [0.15, 0.2) is 309 Å². The molecule has 0 bridgehead atoms. The van der Waals surface area contributed by atoms with Crippen molar-refractivity contribution in [2.75, 3.05) is 9.80 Å². The van der Waals surface area contributed by atoms with E-state index in [1.54, 1.807) is 4.57 Å². The second-order valence-corrected chi connectivity index (χ2v) is 36.4. The van der Waals surface area contributed by atoms with Gasteiger partial charge >= 0.3 is 0 Å². The molecule has 2 aliphatic rings. The fourth-order valence-electron chi connectivity index (χ4n) is 17.2. The van der Waals surface area contributed by atoms with Crippen molar-refractivity contribution in [3.63, 3.8) is 0 Å². The van der Waals surface area contributed by atoms with E-state index in [4.69, 9.17) is 17.7 Å². The van der Waals surface area contributed by atoms with Crippen LogP contribution in [0, 0.1) is 0 Å². The van der Waals surface area contributed by atoms with Gasteiger partial charge in [0.05, 0.1) is 44.4 Å². The average molecular weight is 1500 g/mol. The first-order valence-electron chi connectivity index (χ1n) is 44.1. The van der Waals surface area contributed by atoms with Crippen LogP contribution in [-0.4, -0.2) is 30.8 Å². The number of fused-ring (bicyclic) bond motifs is 10. The Balaban J connectivity index is 1.01. The van der Waals surface area contributed by atoms with Crippen LogP contribution in [0.3, 0.4) is 0 Å². The molecular weight excluding hydrogens is 1390 g/mol. The topological polar surface area (TPSA) is 55.0 Å². The first-order valence-corrected chi connectivity index (χ1v) is 40.1. The highest BCUT2D eigenvalue weighted by atomic mass is 15.2. The Morgan fingerprint density at radius 1 is 0.261 bits per heavy atom. The zero-order valence-corrected chi connectivity index (χ0v) is 68.0.